The van der Waals surface area contributed by atoms with E-state index in [1.807, 2.05) is 0 Å². The second kappa shape index (κ2) is 11.3. The van der Waals surface area contributed by atoms with Crippen LogP contribution in [0, 0.1) is 3.82 Å². The lowest BCUT2D eigenvalue weighted by molar-refractivity contribution is 0.304. The zero-order valence-electron chi connectivity index (χ0n) is 13.3. The Morgan fingerprint density at radius 3 is 2.13 bits per heavy atom. The molecule has 23 heavy (non-hydrogen) atoms. The minimum absolute atomic E-state index is 0.818. The van der Waals surface area contributed by atoms with Gasteiger partial charge in [0.1, 0.15) is 9.57 Å². The van der Waals surface area contributed by atoms with Crippen LogP contribution in [-0.2, 0) is 0 Å². The van der Waals surface area contributed by atoms with Crippen LogP contribution in [0.2, 0.25) is 0 Å². The fourth-order valence-electron chi connectivity index (χ4n) is 2.36. The second-order valence-electron chi connectivity index (χ2n) is 5.53. The fourth-order valence-corrected chi connectivity index (χ4v) is 5.16. The highest BCUT2D eigenvalue weighted by Gasteiger charge is 2.01. The van der Waals surface area contributed by atoms with Gasteiger partial charge < -0.3 is 4.74 Å². The number of ether oxygens (including phenoxy) is 1. The number of hydrogen-bond donors (Lipinski definition) is 0. The van der Waals surface area contributed by atoms with Gasteiger partial charge in [0.15, 0.2) is 0 Å². The number of rotatable bonds is 11. The molecule has 0 spiro atoms. The molecule has 0 unspecified atom stereocenters. The highest BCUT2D eigenvalue weighted by molar-refractivity contribution is 9.09. The van der Waals surface area contributed by atoms with Gasteiger partial charge in [-0.3, -0.25) is 0 Å². The molecule has 2 aromatic rings. The fraction of sp³-hybridized carbons (Fsp3) is 0.500. The van der Waals surface area contributed by atoms with E-state index in [-0.39, 0.29) is 0 Å². The monoisotopic (exact) mass is 430 g/mol. The summed E-state index contributed by atoms with van der Waals surface area (Å²) in [4.78, 5) is 1.24. The van der Waals surface area contributed by atoms with Crippen molar-refractivity contribution in [2.75, 3.05) is 11.9 Å². The van der Waals surface area contributed by atoms with Gasteiger partial charge in [0, 0.05) is 10.2 Å². The van der Waals surface area contributed by atoms with E-state index < -0.39 is 0 Å². The van der Waals surface area contributed by atoms with Crippen LogP contribution in [0.15, 0.2) is 30.3 Å². The maximum absolute atomic E-state index is 5.83. The summed E-state index contributed by atoms with van der Waals surface area (Å²) < 4.78 is 6.78. The van der Waals surface area contributed by atoms with Crippen LogP contribution in [0.25, 0.3) is 10.4 Å². The number of alkyl halides is 1. The molecule has 0 fully saturated rings. The molecule has 1 nitrogen and oxygen atoms in total. The standard InChI is InChI=1S/C18H23BrOS3/c19-12-6-4-2-1-3-5-7-13-20-16-10-8-15(9-11-16)17-14-18(21)23-22-17/h8-11,14H,1-7,12-13H2. The van der Waals surface area contributed by atoms with E-state index in [2.05, 4.69) is 46.3 Å². The largest absolute Gasteiger partial charge is 0.494 e. The Labute approximate surface area is 160 Å². The Hall–Kier alpha value is -0.230. The van der Waals surface area contributed by atoms with Crippen LogP contribution in [0.5, 0.6) is 5.75 Å². The highest BCUT2D eigenvalue weighted by Crippen LogP contribution is 2.30. The summed E-state index contributed by atoms with van der Waals surface area (Å²) in [6.45, 7) is 0.818. The predicted molar refractivity (Wildman–Crippen MR) is 110 cm³/mol. The maximum Gasteiger partial charge on any atom is 0.119 e. The zero-order valence-corrected chi connectivity index (χ0v) is 17.3. The average Bonchev–Trinajstić information content (AvgIpc) is 3.00. The number of halogens is 1. The summed E-state index contributed by atoms with van der Waals surface area (Å²) in [5, 5.41) is 1.14. The zero-order chi connectivity index (χ0) is 16.3. The molecule has 1 aromatic heterocycles. The lowest BCUT2D eigenvalue weighted by Gasteiger charge is -2.07. The van der Waals surface area contributed by atoms with E-state index in [0.29, 0.717) is 0 Å². The molecule has 0 saturated heterocycles. The molecule has 1 aromatic carbocycles. The second-order valence-corrected chi connectivity index (χ2v) is 9.24. The van der Waals surface area contributed by atoms with Crippen LogP contribution >= 0.6 is 48.8 Å². The maximum atomic E-state index is 5.83. The summed E-state index contributed by atoms with van der Waals surface area (Å²) in [7, 11) is 3.39. The molecular formula is C18H23BrOS3. The van der Waals surface area contributed by atoms with Crippen molar-refractivity contribution in [3.8, 4) is 16.2 Å². The molecule has 0 bridgehead atoms. The molecule has 2 rings (SSSR count). The van der Waals surface area contributed by atoms with Gasteiger partial charge in [-0.15, -0.1) is 0 Å². The molecule has 0 amide bonds. The average molecular weight is 431 g/mol. The van der Waals surface area contributed by atoms with Crippen LogP contribution < -0.4 is 4.74 Å². The Bertz CT molecular complexity index is 603. The SMILES string of the molecule is S=c1cc(-c2ccc(OCCCCCCCCCBr)cc2)ss1. The van der Waals surface area contributed by atoms with Crippen molar-refractivity contribution >= 4 is 48.8 Å². The number of hydrogen-bond acceptors (Lipinski definition) is 4. The molecule has 0 atom stereocenters. The van der Waals surface area contributed by atoms with Crippen molar-refractivity contribution in [2.24, 2.45) is 0 Å². The molecule has 0 aliphatic rings. The Morgan fingerprint density at radius 1 is 0.870 bits per heavy atom. The van der Waals surface area contributed by atoms with Crippen molar-refractivity contribution in [2.45, 2.75) is 44.9 Å². The molecule has 0 aliphatic heterocycles. The van der Waals surface area contributed by atoms with Gasteiger partial charge in [0.25, 0.3) is 0 Å². The van der Waals surface area contributed by atoms with Crippen molar-refractivity contribution in [3.63, 3.8) is 0 Å². The molecule has 0 radical (unpaired) electrons. The Morgan fingerprint density at radius 2 is 1.52 bits per heavy atom. The summed E-state index contributed by atoms with van der Waals surface area (Å²) in [5.74, 6) is 0.963. The third-order valence-electron chi connectivity index (χ3n) is 3.65. The van der Waals surface area contributed by atoms with Gasteiger partial charge >= 0.3 is 0 Å². The third-order valence-corrected chi connectivity index (χ3v) is 7.12. The minimum Gasteiger partial charge on any atom is -0.494 e. The molecule has 0 saturated carbocycles. The van der Waals surface area contributed by atoms with Crippen LogP contribution in [0.4, 0.5) is 0 Å². The highest BCUT2D eigenvalue weighted by atomic mass is 79.9. The van der Waals surface area contributed by atoms with Gasteiger partial charge in [-0.25, -0.2) is 0 Å². The summed E-state index contributed by atoms with van der Waals surface area (Å²) >= 11 is 8.66. The summed E-state index contributed by atoms with van der Waals surface area (Å²) in [5.41, 5.74) is 1.22. The van der Waals surface area contributed by atoms with E-state index >= 15 is 0 Å². The first-order valence-corrected chi connectivity index (χ1v) is 11.9. The first-order chi connectivity index (χ1) is 11.3. The van der Waals surface area contributed by atoms with E-state index in [9.17, 15) is 0 Å². The molecule has 126 valence electrons. The molecule has 0 N–H and O–H groups in total. The Balaban J connectivity index is 1.60. The molecule has 0 aliphatic carbocycles. The van der Waals surface area contributed by atoms with E-state index in [1.54, 1.807) is 20.7 Å². The van der Waals surface area contributed by atoms with Gasteiger partial charge in [0.2, 0.25) is 0 Å². The van der Waals surface area contributed by atoms with Gasteiger partial charge in [-0.1, -0.05) is 80.9 Å². The third kappa shape index (κ3) is 7.46. The summed E-state index contributed by atoms with van der Waals surface area (Å²) in [6, 6.07) is 10.4. The smallest absolute Gasteiger partial charge is 0.119 e. The number of unbranched alkanes of at least 4 members (excludes halogenated alkanes) is 6. The van der Waals surface area contributed by atoms with E-state index in [1.165, 1.54) is 49.0 Å². The molecular weight excluding hydrogens is 408 g/mol. The minimum atomic E-state index is 0.818. The van der Waals surface area contributed by atoms with Crippen molar-refractivity contribution in [1.82, 2.24) is 0 Å². The van der Waals surface area contributed by atoms with Gasteiger partial charge in [0.05, 0.1) is 6.61 Å². The van der Waals surface area contributed by atoms with Crippen molar-refractivity contribution in [1.29, 1.82) is 0 Å². The van der Waals surface area contributed by atoms with E-state index in [0.717, 1.165) is 27.9 Å². The van der Waals surface area contributed by atoms with Crippen LogP contribution in [0.1, 0.15) is 44.9 Å². The van der Waals surface area contributed by atoms with Crippen molar-refractivity contribution in [3.05, 3.63) is 34.2 Å². The molecule has 1 heterocycles. The lowest BCUT2D eigenvalue weighted by atomic mass is 10.1. The van der Waals surface area contributed by atoms with Crippen LogP contribution in [-0.4, -0.2) is 11.9 Å². The lowest BCUT2D eigenvalue weighted by Crippen LogP contribution is -1.97. The normalized spacial score (nSPS) is 10.8. The topological polar surface area (TPSA) is 9.23 Å². The van der Waals surface area contributed by atoms with Gasteiger partial charge in [-0.2, -0.15) is 0 Å². The number of benzene rings is 1. The first-order valence-electron chi connectivity index (χ1n) is 8.19. The first kappa shape index (κ1) is 19.1. The Kier molecular flexibility index (Phi) is 9.42. The predicted octanol–water partition coefficient (Wildman–Crippen LogP) is 7.71. The van der Waals surface area contributed by atoms with Crippen LogP contribution in [0.3, 0.4) is 0 Å². The van der Waals surface area contributed by atoms with Gasteiger partial charge in [-0.05, 0) is 48.7 Å². The summed E-state index contributed by atoms with van der Waals surface area (Å²) in [6.07, 6.45) is 9.12. The van der Waals surface area contributed by atoms with Crippen molar-refractivity contribution < 1.29 is 4.74 Å². The van der Waals surface area contributed by atoms with E-state index in [4.69, 9.17) is 17.0 Å². The molecule has 5 heteroatoms. The quantitative estimate of drug-likeness (QED) is 0.156.